The quantitative estimate of drug-likeness (QED) is 0.728. The third-order valence-electron chi connectivity index (χ3n) is 5.55. The molecule has 1 aromatic carbocycles. The molecule has 27 heavy (non-hydrogen) atoms. The van der Waals surface area contributed by atoms with E-state index >= 15 is 0 Å². The van der Waals surface area contributed by atoms with Crippen molar-refractivity contribution < 1.29 is 9.18 Å². The van der Waals surface area contributed by atoms with Gasteiger partial charge in [-0.15, -0.1) is 0 Å². The molecule has 4 atom stereocenters. The molecule has 0 aliphatic carbocycles. The average Bonchev–Trinajstić information content (AvgIpc) is 3.16. The Morgan fingerprint density at radius 1 is 1.37 bits per heavy atom. The van der Waals surface area contributed by atoms with Crippen LogP contribution in [-0.2, 0) is 4.79 Å². The third kappa shape index (κ3) is 4.36. The van der Waals surface area contributed by atoms with Crippen molar-refractivity contribution in [3.63, 3.8) is 0 Å². The lowest BCUT2D eigenvalue weighted by Gasteiger charge is -2.17. The van der Waals surface area contributed by atoms with Crippen LogP contribution in [0.2, 0.25) is 0 Å². The van der Waals surface area contributed by atoms with Gasteiger partial charge in [0.25, 0.3) is 0 Å². The van der Waals surface area contributed by atoms with E-state index in [0.717, 1.165) is 17.7 Å². The topological polar surface area (TPSA) is 71.0 Å². The van der Waals surface area contributed by atoms with E-state index in [1.165, 1.54) is 12.1 Å². The van der Waals surface area contributed by atoms with Gasteiger partial charge in [-0.25, -0.2) is 9.07 Å². The summed E-state index contributed by atoms with van der Waals surface area (Å²) in [4.78, 5) is 12.4. The molecule has 1 aliphatic rings. The maximum Gasteiger partial charge on any atom is 0.220 e. The number of carbonyl (C=O) groups is 1. The highest BCUT2D eigenvalue weighted by molar-refractivity contribution is 5.76. The number of aromatic nitrogens is 2. The minimum absolute atomic E-state index is 0.0222. The Labute approximate surface area is 159 Å². The summed E-state index contributed by atoms with van der Waals surface area (Å²) in [7, 11) is 0. The molecular weight excluding hydrogens is 345 g/mol. The lowest BCUT2D eigenvalue weighted by atomic mass is 9.94. The SMILES string of the molecule is Cc1c(C(C)NC(=O)CCC2NNC(C)C2C)cnn1-c1cccc(F)c1. The van der Waals surface area contributed by atoms with E-state index in [4.69, 9.17) is 0 Å². The molecule has 1 aliphatic heterocycles. The second-order valence-corrected chi connectivity index (χ2v) is 7.45. The fraction of sp³-hybridized carbons (Fsp3) is 0.500. The number of hydrazine groups is 1. The van der Waals surface area contributed by atoms with Crippen LogP contribution >= 0.6 is 0 Å². The van der Waals surface area contributed by atoms with E-state index in [1.807, 2.05) is 13.8 Å². The normalized spacial score (nSPS) is 23.4. The van der Waals surface area contributed by atoms with Gasteiger partial charge in [0.15, 0.2) is 0 Å². The average molecular weight is 373 g/mol. The molecular formula is C20H28FN5O. The van der Waals surface area contributed by atoms with Gasteiger partial charge < -0.3 is 5.32 Å². The van der Waals surface area contributed by atoms with Crippen LogP contribution in [0.25, 0.3) is 5.69 Å². The molecule has 0 saturated carbocycles. The predicted molar refractivity (Wildman–Crippen MR) is 103 cm³/mol. The van der Waals surface area contributed by atoms with Crippen LogP contribution in [0.4, 0.5) is 4.39 Å². The van der Waals surface area contributed by atoms with Gasteiger partial charge in [0.1, 0.15) is 5.82 Å². The standard InChI is InChI=1S/C20H28FN5O/c1-12-13(2)24-25-19(12)8-9-20(27)23-14(3)18-11-22-26(15(18)4)17-7-5-6-16(21)10-17/h5-7,10-14,19,24-25H,8-9H2,1-4H3,(H,23,27). The van der Waals surface area contributed by atoms with Crippen LogP contribution in [0.3, 0.4) is 0 Å². The largest absolute Gasteiger partial charge is 0.349 e. The molecule has 3 rings (SSSR count). The molecule has 2 aromatic rings. The van der Waals surface area contributed by atoms with Crippen molar-refractivity contribution in [1.82, 2.24) is 25.9 Å². The number of amides is 1. The Morgan fingerprint density at radius 2 is 2.15 bits per heavy atom. The summed E-state index contributed by atoms with van der Waals surface area (Å²) in [5.74, 6) is 0.208. The van der Waals surface area contributed by atoms with Gasteiger partial charge in [-0.05, 0) is 51.3 Å². The van der Waals surface area contributed by atoms with Gasteiger partial charge in [-0.1, -0.05) is 13.0 Å². The first-order valence-electron chi connectivity index (χ1n) is 9.47. The molecule has 1 aromatic heterocycles. The highest BCUT2D eigenvalue weighted by atomic mass is 19.1. The van der Waals surface area contributed by atoms with E-state index in [-0.39, 0.29) is 17.8 Å². The fourth-order valence-electron chi connectivity index (χ4n) is 3.58. The summed E-state index contributed by atoms with van der Waals surface area (Å²) in [5, 5.41) is 7.41. The highest BCUT2D eigenvalue weighted by Gasteiger charge is 2.29. The van der Waals surface area contributed by atoms with Crippen LogP contribution in [-0.4, -0.2) is 27.8 Å². The zero-order valence-corrected chi connectivity index (χ0v) is 16.3. The summed E-state index contributed by atoms with van der Waals surface area (Å²) < 4.78 is 15.2. The first kappa shape index (κ1) is 19.5. The third-order valence-corrected chi connectivity index (χ3v) is 5.55. The van der Waals surface area contributed by atoms with Gasteiger partial charge in [0.05, 0.1) is 17.9 Å². The molecule has 4 unspecified atom stereocenters. The number of hydrogen-bond donors (Lipinski definition) is 3. The molecule has 146 valence electrons. The first-order valence-corrected chi connectivity index (χ1v) is 9.47. The van der Waals surface area contributed by atoms with Crippen LogP contribution in [0, 0.1) is 18.7 Å². The van der Waals surface area contributed by atoms with Crippen LogP contribution in [0.5, 0.6) is 0 Å². The summed E-state index contributed by atoms with van der Waals surface area (Å²) in [6.45, 7) is 8.19. The minimum Gasteiger partial charge on any atom is -0.349 e. The smallest absolute Gasteiger partial charge is 0.220 e. The van der Waals surface area contributed by atoms with E-state index in [9.17, 15) is 9.18 Å². The van der Waals surface area contributed by atoms with Gasteiger partial charge in [0.2, 0.25) is 5.91 Å². The van der Waals surface area contributed by atoms with E-state index < -0.39 is 0 Å². The number of hydrogen-bond acceptors (Lipinski definition) is 4. The van der Waals surface area contributed by atoms with Crippen molar-refractivity contribution in [2.75, 3.05) is 0 Å². The summed E-state index contributed by atoms with van der Waals surface area (Å²) in [6, 6.07) is 6.86. The van der Waals surface area contributed by atoms with Gasteiger partial charge >= 0.3 is 0 Å². The zero-order valence-electron chi connectivity index (χ0n) is 16.3. The van der Waals surface area contributed by atoms with Crippen molar-refractivity contribution in [2.45, 2.75) is 58.7 Å². The summed E-state index contributed by atoms with van der Waals surface area (Å²) in [6.07, 6.45) is 2.99. The maximum atomic E-state index is 13.5. The monoisotopic (exact) mass is 373 g/mol. The number of carbonyl (C=O) groups excluding carboxylic acids is 1. The van der Waals surface area contributed by atoms with Gasteiger partial charge in [0, 0.05) is 29.8 Å². The fourth-order valence-corrected chi connectivity index (χ4v) is 3.58. The van der Waals surface area contributed by atoms with Crippen molar-refractivity contribution >= 4 is 5.91 Å². The molecule has 0 spiro atoms. The molecule has 0 bridgehead atoms. The number of nitrogens with zero attached hydrogens (tertiary/aromatic N) is 2. The van der Waals surface area contributed by atoms with E-state index in [1.54, 1.807) is 23.0 Å². The lowest BCUT2D eigenvalue weighted by molar-refractivity contribution is -0.122. The Bertz CT molecular complexity index is 805. The van der Waals surface area contributed by atoms with Gasteiger partial charge in [-0.2, -0.15) is 5.10 Å². The molecule has 7 heteroatoms. The maximum absolute atomic E-state index is 13.5. The number of halogens is 1. The van der Waals surface area contributed by atoms with Crippen molar-refractivity contribution in [1.29, 1.82) is 0 Å². The van der Waals surface area contributed by atoms with Crippen LogP contribution < -0.4 is 16.2 Å². The summed E-state index contributed by atoms with van der Waals surface area (Å²) >= 11 is 0. The molecule has 6 nitrogen and oxygen atoms in total. The second kappa shape index (κ2) is 8.19. The Kier molecular flexibility index (Phi) is 5.92. The molecule has 1 amide bonds. The van der Waals surface area contributed by atoms with Gasteiger partial charge in [-0.3, -0.25) is 15.6 Å². The van der Waals surface area contributed by atoms with E-state index in [2.05, 4.69) is 35.1 Å². The lowest BCUT2D eigenvalue weighted by Crippen LogP contribution is -2.34. The Morgan fingerprint density at radius 3 is 2.81 bits per heavy atom. The number of rotatable bonds is 6. The number of benzene rings is 1. The summed E-state index contributed by atoms with van der Waals surface area (Å²) in [5.41, 5.74) is 8.96. The molecule has 1 saturated heterocycles. The second-order valence-electron chi connectivity index (χ2n) is 7.45. The van der Waals surface area contributed by atoms with Crippen molar-refractivity contribution in [3.8, 4) is 5.69 Å². The first-order chi connectivity index (χ1) is 12.9. The zero-order chi connectivity index (χ0) is 19.6. The molecule has 2 heterocycles. The van der Waals surface area contributed by atoms with E-state index in [0.29, 0.717) is 30.1 Å². The van der Waals surface area contributed by atoms with Crippen molar-refractivity contribution in [2.24, 2.45) is 5.92 Å². The molecule has 1 fully saturated rings. The predicted octanol–water partition coefficient (Wildman–Crippen LogP) is 2.78. The molecule has 0 radical (unpaired) electrons. The Balaban J connectivity index is 1.59. The van der Waals surface area contributed by atoms with Crippen molar-refractivity contribution in [3.05, 3.63) is 47.5 Å². The minimum atomic E-state index is -0.302. The van der Waals surface area contributed by atoms with Crippen LogP contribution in [0.15, 0.2) is 30.5 Å². The van der Waals surface area contributed by atoms with Crippen LogP contribution in [0.1, 0.15) is 50.9 Å². The highest BCUT2D eigenvalue weighted by Crippen LogP contribution is 2.21. The number of nitrogens with one attached hydrogen (secondary N) is 3. The molecule has 3 N–H and O–H groups in total. The Hall–Kier alpha value is -2.25.